The molecule has 0 spiro atoms. The molecule has 0 saturated carbocycles. The first-order valence-electron chi connectivity index (χ1n) is 16.5. The highest BCUT2D eigenvalue weighted by atomic mass is 16.5. The number of carbonyl (C=O) groups excluding carboxylic acids is 2. The van der Waals surface area contributed by atoms with Crippen molar-refractivity contribution >= 4 is 29.0 Å². The Morgan fingerprint density at radius 3 is 1.62 bits per heavy atom. The molecule has 242 valence electrons. The maximum Gasteiger partial charge on any atom is 0.333 e. The quantitative estimate of drug-likeness (QED) is 0.0791. The number of ether oxygens (including phenoxy) is 2. The largest absolute Gasteiger partial charge is 0.462 e. The van der Waals surface area contributed by atoms with Crippen LogP contribution in [0, 0.1) is 0 Å². The van der Waals surface area contributed by atoms with Crippen LogP contribution in [0.4, 0.5) is 17.1 Å². The maximum atomic E-state index is 11.7. The van der Waals surface area contributed by atoms with Crippen LogP contribution in [-0.2, 0) is 37.3 Å². The Morgan fingerprint density at radius 1 is 0.660 bits per heavy atom. The fourth-order valence-corrected chi connectivity index (χ4v) is 6.29. The van der Waals surface area contributed by atoms with Crippen LogP contribution in [0.25, 0.3) is 11.1 Å². The molecule has 0 heterocycles. The van der Waals surface area contributed by atoms with Gasteiger partial charge in [-0.1, -0.05) is 81.6 Å². The van der Waals surface area contributed by atoms with Gasteiger partial charge in [0.1, 0.15) is 0 Å². The molecule has 5 nitrogen and oxygen atoms in total. The number of rotatable bonds is 14. The number of benzene rings is 4. The van der Waals surface area contributed by atoms with Crippen LogP contribution in [-0.4, -0.2) is 25.2 Å². The molecule has 0 fully saturated rings. The molecular weight excluding hydrogens is 582 g/mol. The third kappa shape index (κ3) is 7.41. The van der Waals surface area contributed by atoms with E-state index < -0.39 is 0 Å². The predicted octanol–water partition coefficient (Wildman–Crippen LogP) is 9.96. The van der Waals surface area contributed by atoms with Crippen molar-refractivity contribution in [2.45, 2.75) is 65.2 Å². The van der Waals surface area contributed by atoms with E-state index in [1.54, 1.807) is 13.8 Å². The topological polar surface area (TPSA) is 55.8 Å². The molecule has 0 aliphatic heterocycles. The molecule has 1 unspecified atom stereocenters. The highest BCUT2D eigenvalue weighted by molar-refractivity contribution is 5.87. The smallest absolute Gasteiger partial charge is 0.333 e. The van der Waals surface area contributed by atoms with Gasteiger partial charge in [-0.25, -0.2) is 9.59 Å². The average Bonchev–Trinajstić information content (AvgIpc) is 3.34. The number of hydrogen-bond donors (Lipinski definition) is 0. The molecule has 0 radical (unpaired) electrons. The van der Waals surface area contributed by atoms with E-state index in [0.717, 1.165) is 49.2 Å². The second-order valence-corrected chi connectivity index (χ2v) is 12.7. The highest BCUT2D eigenvalue weighted by Crippen LogP contribution is 2.52. The fraction of sp³-hybridized carbons (Fsp3) is 0.286. The lowest BCUT2D eigenvalue weighted by molar-refractivity contribution is -0.139. The van der Waals surface area contributed by atoms with Gasteiger partial charge in [0.2, 0.25) is 0 Å². The van der Waals surface area contributed by atoms with Crippen LogP contribution in [0.5, 0.6) is 0 Å². The van der Waals surface area contributed by atoms with Crippen LogP contribution in [0.1, 0.15) is 69.2 Å². The Kier molecular flexibility index (Phi) is 10.5. The third-order valence-corrected chi connectivity index (χ3v) is 9.15. The summed E-state index contributed by atoms with van der Waals surface area (Å²) in [5.41, 5.74) is 11.7. The van der Waals surface area contributed by atoms with E-state index in [1.807, 2.05) is 0 Å². The number of carbonyl (C=O) groups is 2. The molecule has 4 aromatic rings. The summed E-state index contributed by atoms with van der Waals surface area (Å²) in [6.45, 7) is 16.0. The highest BCUT2D eigenvalue weighted by Gasteiger charge is 2.38. The third-order valence-electron chi connectivity index (χ3n) is 9.15. The summed E-state index contributed by atoms with van der Waals surface area (Å²) >= 11 is 0. The van der Waals surface area contributed by atoms with Crippen molar-refractivity contribution in [2.24, 2.45) is 0 Å². The monoisotopic (exact) mass is 627 g/mol. The van der Waals surface area contributed by atoms with Crippen molar-refractivity contribution in [3.05, 3.63) is 138 Å². The van der Waals surface area contributed by atoms with Gasteiger partial charge in [0.05, 0.1) is 13.2 Å². The van der Waals surface area contributed by atoms with Crippen molar-refractivity contribution in [3.8, 4) is 11.1 Å². The molecule has 0 bridgehead atoms. The Labute approximate surface area is 279 Å². The molecule has 1 aliphatic rings. The summed E-state index contributed by atoms with van der Waals surface area (Å²) in [4.78, 5) is 25.8. The summed E-state index contributed by atoms with van der Waals surface area (Å²) < 4.78 is 10.6. The summed E-state index contributed by atoms with van der Waals surface area (Å²) in [5.74, 6) is -0.685. The molecule has 5 heteroatoms. The first-order chi connectivity index (χ1) is 22.6. The normalized spacial score (nSPS) is 14.6. The minimum Gasteiger partial charge on any atom is -0.462 e. The van der Waals surface area contributed by atoms with Crippen LogP contribution in [0.15, 0.2) is 115 Å². The van der Waals surface area contributed by atoms with Crippen LogP contribution in [0.3, 0.4) is 0 Å². The first-order valence-corrected chi connectivity index (χ1v) is 16.5. The number of anilines is 3. The molecular formula is C42H45NO4. The number of hydrogen-bond acceptors (Lipinski definition) is 5. The predicted molar refractivity (Wildman–Crippen MR) is 191 cm³/mol. The minimum absolute atomic E-state index is 0.0670. The van der Waals surface area contributed by atoms with Gasteiger partial charge in [-0.15, -0.1) is 0 Å². The second-order valence-electron chi connectivity index (χ2n) is 12.7. The average molecular weight is 628 g/mol. The van der Waals surface area contributed by atoms with E-state index in [0.29, 0.717) is 24.4 Å². The van der Waals surface area contributed by atoms with E-state index in [9.17, 15) is 9.59 Å². The van der Waals surface area contributed by atoms with Gasteiger partial charge in [0.25, 0.3) is 0 Å². The molecule has 4 aromatic carbocycles. The molecule has 1 atom stereocenters. The Bertz CT molecular complexity index is 1690. The van der Waals surface area contributed by atoms with Crippen LogP contribution < -0.4 is 4.90 Å². The van der Waals surface area contributed by atoms with Gasteiger partial charge in [-0.3, -0.25) is 0 Å². The summed E-state index contributed by atoms with van der Waals surface area (Å²) in [7, 11) is 0. The van der Waals surface area contributed by atoms with E-state index in [1.165, 1.54) is 33.4 Å². The number of esters is 2. The van der Waals surface area contributed by atoms with Crippen molar-refractivity contribution in [2.75, 3.05) is 18.1 Å². The molecule has 0 N–H and O–H groups in total. The van der Waals surface area contributed by atoms with E-state index in [4.69, 9.17) is 9.47 Å². The van der Waals surface area contributed by atoms with E-state index in [-0.39, 0.29) is 17.4 Å². The van der Waals surface area contributed by atoms with Gasteiger partial charge in [-0.05, 0) is 116 Å². The van der Waals surface area contributed by atoms with E-state index in [2.05, 4.69) is 123 Å². The lowest BCUT2D eigenvalue weighted by Crippen LogP contribution is -2.20. The van der Waals surface area contributed by atoms with Crippen molar-refractivity contribution < 1.29 is 19.1 Å². The van der Waals surface area contributed by atoms with Crippen LogP contribution >= 0.6 is 0 Å². The zero-order chi connectivity index (χ0) is 33.6. The summed E-state index contributed by atoms with van der Waals surface area (Å²) in [6.07, 6.45) is 4.12. The van der Waals surface area contributed by atoms with Gasteiger partial charge in [-0.2, -0.15) is 0 Å². The van der Waals surface area contributed by atoms with Crippen molar-refractivity contribution in [3.63, 3.8) is 0 Å². The molecule has 0 saturated heterocycles. The lowest BCUT2D eigenvalue weighted by atomic mass is 9.78. The standard InChI is InChI=1S/C42H45NO4/c1-7-42(6)38-15-9-8-14-36(38)37-25-24-35(28-39(37)42)43(33-20-16-31(17-21-33)12-10-26-46-40(44)29(2)3)34-22-18-32(19-23-34)13-11-27-47-41(45)30(4)5/h8-9,14-25,28H,2,4,7,10-13,26-27H2,1,3,5-6H3. The molecule has 0 aromatic heterocycles. The zero-order valence-corrected chi connectivity index (χ0v) is 28.1. The lowest BCUT2D eigenvalue weighted by Gasteiger charge is -2.29. The van der Waals surface area contributed by atoms with Gasteiger partial charge in [0.15, 0.2) is 0 Å². The molecule has 47 heavy (non-hydrogen) atoms. The molecule has 1 aliphatic carbocycles. The molecule has 5 rings (SSSR count). The van der Waals surface area contributed by atoms with Crippen molar-refractivity contribution in [1.82, 2.24) is 0 Å². The minimum atomic E-state index is -0.343. The Hall–Kier alpha value is -4.90. The number of aryl methyl sites for hydroxylation is 2. The number of fused-ring (bicyclic) bond motifs is 3. The second kappa shape index (κ2) is 14.7. The van der Waals surface area contributed by atoms with Gasteiger partial charge < -0.3 is 14.4 Å². The van der Waals surface area contributed by atoms with E-state index >= 15 is 0 Å². The Morgan fingerprint density at radius 2 is 1.13 bits per heavy atom. The number of nitrogens with zero attached hydrogens (tertiary/aromatic N) is 1. The zero-order valence-electron chi connectivity index (χ0n) is 28.1. The van der Waals surface area contributed by atoms with Gasteiger partial charge in [0, 0.05) is 33.6 Å². The maximum absolute atomic E-state index is 11.7. The van der Waals surface area contributed by atoms with Gasteiger partial charge >= 0.3 is 11.9 Å². The Balaban J connectivity index is 1.41. The first kappa shape index (κ1) is 33.5. The fourth-order valence-electron chi connectivity index (χ4n) is 6.29. The SMILES string of the molecule is C=C(C)C(=O)OCCCc1ccc(N(c2ccc(CCCOC(=O)C(=C)C)cc2)c2ccc3c(c2)C(C)(CC)c2ccccc2-3)cc1. The summed E-state index contributed by atoms with van der Waals surface area (Å²) in [5, 5.41) is 0. The van der Waals surface area contributed by atoms with Crippen LogP contribution in [0.2, 0.25) is 0 Å². The molecule has 0 amide bonds. The van der Waals surface area contributed by atoms with Crippen molar-refractivity contribution in [1.29, 1.82) is 0 Å². The summed E-state index contributed by atoms with van der Waals surface area (Å²) in [6, 6.07) is 32.9.